The number of aliphatic imine (C=N–C) groups is 1. The number of rotatable bonds is 5. The van der Waals surface area contributed by atoms with Gasteiger partial charge in [-0.2, -0.15) is 4.99 Å². The molecule has 0 atom stereocenters. The van der Waals surface area contributed by atoms with Crippen molar-refractivity contribution in [3.8, 4) is 5.75 Å². The number of aryl methyl sites for hydroxylation is 1. The van der Waals surface area contributed by atoms with E-state index >= 15 is 0 Å². The van der Waals surface area contributed by atoms with Crippen LogP contribution in [-0.2, 0) is 16.9 Å². The van der Waals surface area contributed by atoms with E-state index in [1.807, 2.05) is 43.3 Å². The second kappa shape index (κ2) is 6.07. The number of hydrogen-bond acceptors (Lipinski definition) is 3. The second-order valence-electron chi connectivity index (χ2n) is 5.61. The zero-order valence-electron chi connectivity index (χ0n) is 12.3. The number of halogens is 1. The van der Waals surface area contributed by atoms with Crippen molar-refractivity contribution >= 4 is 22.0 Å². The van der Waals surface area contributed by atoms with Gasteiger partial charge in [-0.1, -0.05) is 30.3 Å². The molecular formula is C18H16BrNO2. The van der Waals surface area contributed by atoms with Crippen LogP contribution < -0.4 is 4.74 Å². The summed E-state index contributed by atoms with van der Waals surface area (Å²) in [5.74, 6) is 0.832. The predicted molar refractivity (Wildman–Crippen MR) is 88.7 cm³/mol. The first kappa shape index (κ1) is 15.0. The molecule has 0 radical (unpaired) electrons. The van der Waals surface area contributed by atoms with Gasteiger partial charge in [-0.25, -0.2) is 4.79 Å². The highest BCUT2D eigenvalue weighted by Crippen LogP contribution is 2.51. The van der Waals surface area contributed by atoms with Crippen LogP contribution in [0.4, 0.5) is 0 Å². The third kappa shape index (κ3) is 2.99. The summed E-state index contributed by atoms with van der Waals surface area (Å²) in [5, 5.41) is 0. The van der Waals surface area contributed by atoms with Crippen LogP contribution in [0.5, 0.6) is 5.75 Å². The van der Waals surface area contributed by atoms with Crippen molar-refractivity contribution in [2.75, 3.05) is 0 Å². The largest absolute Gasteiger partial charge is 0.487 e. The van der Waals surface area contributed by atoms with Crippen LogP contribution in [0, 0.1) is 6.92 Å². The fourth-order valence-corrected chi connectivity index (χ4v) is 3.26. The molecule has 0 amide bonds. The fourth-order valence-electron chi connectivity index (χ4n) is 2.58. The minimum atomic E-state index is -0.354. The van der Waals surface area contributed by atoms with E-state index in [1.54, 1.807) is 6.08 Å². The molecule has 3 rings (SSSR count). The van der Waals surface area contributed by atoms with Crippen molar-refractivity contribution in [3.05, 3.63) is 63.6 Å². The molecule has 0 bridgehead atoms. The van der Waals surface area contributed by atoms with Crippen molar-refractivity contribution in [2.45, 2.75) is 31.9 Å². The van der Waals surface area contributed by atoms with Gasteiger partial charge in [0.1, 0.15) is 12.4 Å². The van der Waals surface area contributed by atoms with E-state index in [9.17, 15) is 4.79 Å². The Balaban J connectivity index is 1.83. The minimum Gasteiger partial charge on any atom is -0.487 e. The van der Waals surface area contributed by atoms with Crippen molar-refractivity contribution in [1.29, 1.82) is 0 Å². The quantitative estimate of drug-likeness (QED) is 0.576. The summed E-state index contributed by atoms with van der Waals surface area (Å²) < 4.78 is 6.84. The Kier molecular flexibility index (Phi) is 4.14. The summed E-state index contributed by atoms with van der Waals surface area (Å²) in [6, 6.07) is 14.1. The lowest BCUT2D eigenvalue weighted by Crippen LogP contribution is -2.05. The molecule has 1 aliphatic rings. The van der Waals surface area contributed by atoms with E-state index < -0.39 is 0 Å². The van der Waals surface area contributed by atoms with Gasteiger partial charge in [0, 0.05) is 0 Å². The van der Waals surface area contributed by atoms with E-state index in [0.717, 1.165) is 39.8 Å². The number of nitrogens with zero attached hydrogens (tertiary/aromatic N) is 1. The standard InChI is InChI=1S/C18H16BrNO2/c1-13-9-15(18(7-8-18)20-12-21)10-16(19)17(13)22-11-14-5-3-2-4-6-14/h2-6,9-10H,7-8,11H2,1H3. The highest BCUT2D eigenvalue weighted by Gasteiger charge is 2.45. The van der Waals surface area contributed by atoms with Gasteiger partial charge < -0.3 is 4.74 Å². The van der Waals surface area contributed by atoms with Gasteiger partial charge in [-0.3, -0.25) is 0 Å². The van der Waals surface area contributed by atoms with Gasteiger partial charge in [0.05, 0.1) is 10.0 Å². The highest BCUT2D eigenvalue weighted by atomic mass is 79.9. The zero-order valence-corrected chi connectivity index (χ0v) is 13.9. The Labute approximate surface area is 138 Å². The normalized spacial score (nSPS) is 15.0. The lowest BCUT2D eigenvalue weighted by atomic mass is 10.0. The first-order valence-corrected chi connectivity index (χ1v) is 8.00. The van der Waals surface area contributed by atoms with Crippen LogP contribution in [0.1, 0.15) is 29.5 Å². The summed E-state index contributed by atoms with van der Waals surface area (Å²) in [4.78, 5) is 14.6. The van der Waals surface area contributed by atoms with E-state index in [1.165, 1.54) is 0 Å². The Morgan fingerprint density at radius 1 is 1.27 bits per heavy atom. The topological polar surface area (TPSA) is 38.7 Å². The van der Waals surface area contributed by atoms with Crippen LogP contribution in [-0.4, -0.2) is 6.08 Å². The number of benzene rings is 2. The zero-order chi connectivity index (χ0) is 15.6. The van der Waals surface area contributed by atoms with Crippen LogP contribution in [0.3, 0.4) is 0 Å². The molecule has 0 saturated heterocycles. The first-order valence-electron chi connectivity index (χ1n) is 7.21. The second-order valence-corrected chi connectivity index (χ2v) is 6.47. The first-order chi connectivity index (χ1) is 10.6. The summed E-state index contributed by atoms with van der Waals surface area (Å²) in [5.41, 5.74) is 2.86. The lowest BCUT2D eigenvalue weighted by molar-refractivity contribution is 0.302. The molecule has 4 heteroatoms. The molecule has 3 nitrogen and oxygen atoms in total. The molecule has 2 aromatic rings. The van der Waals surface area contributed by atoms with Gasteiger partial charge in [-0.15, -0.1) is 0 Å². The maximum Gasteiger partial charge on any atom is 0.235 e. The predicted octanol–water partition coefficient (Wildman–Crippen LogP) is 4.66. The maximum absolute atomic E-state index is 10.6. The molecule has 0 N–H and O–H groups in total. The Hall–Kier alpha value is -1.90. The van der Waals surface area contributed by atoms with Gasteiger partial charge in [0.15, 0.2) is 0 Å². The summed E-state index contributed by atoms with van der Waals surface area (Å²) in [7, 11) is 0. The molecule has 0 heterocycles. The van der Waals surface area contributed by atoms with Crippen LogP contribution in [0.25, 0.3) is 0 Å². The average Bonchev–Trinajstić information content (AvgIpc) is 3.29. The molecule has 1 aliphatic carbocycles. The van der Waals surface area contributed by atoms with Crippen molar-refractivity contribution in [1.82, 2.24) is 0 Å². The lowest BCUT2D eigenvalue weighted by Gasteiger charge is -2.15. The summed E-state index contributed by atoms with van der Waals surface area (Å²) >= 11 is 3.58. The number of hydrogen-bond donors (Lipinski definition) is 0. The third-order valence-electron chi connectivity index (χ3n) is 3.98. The van der Waals surface area contributed by atoms with Crippen molar-refractivity contribution in [3.63, 3.8) is 0 Å². The Bertz CT molecular complexity index is 709. The molecular weight excluding hydrogens is 342 g/mol. The minimum absolute atomic E-state index is 0.354. The van der Waals surface area contributed by atoms with E-state index in [4.69, 9.17) is 4.74 Å². The van der Waals surface area contributed by atoms with Crippen LogP contribution in [0.15, 0.2) is 51.9 Å². The number of ether oxygens (including phenoxy) is 1. The molecule has 22 heavy (non-hydrogen) atoms. The molecule has 0 spiro atoms. The SMILES string of the molecule is Cc1cc(C2(N=C=O)CC2)cc(Br)c1OCc1ccccc1. The molecule has 2 aromatic carbocycles. The van der Waals surface area contributed by atoms with Gasteiger partial charge in [-0.05, 0) is 64.5 Å². The molecule has 0 aromatic heterocycles. The van der Waals surface area contributed by atoms with E-state index in [2.05, 4.69) is 27.0 Å². The van der Waals surface area contributed by atoms with E-state index in [-0.39, 0.29) is 5.54 Å². The smallest absolute Gasteiger partial charge is 0.235 e. The number of isocyanates is 1. The van der Waals surface area contributed by atoms with Gasteiger partial charge >= 0.3 is 0 Å². The molecule has 112 valence electrons. The third-order valence-corrected chi connectivity index (χ3v) is 4.56. The molecule has 0 aliphatic heterocycles. The molecule has 1 saturated carbocycles. The maximum atomic E-state index is 10.6. The monoisotopic (exact) mass is 357 g/mol. The van der Waals surface area contributed by atoms with Crippen molar-refractivity contribution in [2.24, 2.45) is 4.99 Å². The van der Waals surface area contributed by atoms with Crippen molar-refractivity contribution < 1.29 is 9.53 Å². The fraction of sp³-hybridized carbons (Fsp3) is 0.278. The summed E-state index contributed by atoms with van der Waals surface area (Å²) in [6.07, 6.45) is 3.50. The number of carbonyl (C=O) groups excluding carboxylic acids is 1. The van der Waals surface area contributed by atoms with E-state index in [0.29, 0.717) is 6.61 Å². The van der Waals surface area contributed by atoms with Gasteiger partial charge in [0.2, 0.25) is 6.08 Å². The van der Waals surface area contributed by atoms with Gasteiger partial charge in [0.25, 0.3) is 0 Å². The van der Waals surface area contributed by atoms with Crippen LogP contribution in [0.2, 0.25) is 0 Å². The molecule has 1 fully saturated rings. The Morgan fingerprint density at radius 2 is 2.00 bits per heavy atom. The average molecular weight is 358 g/mol. The Morgan fingerprint density at radius 3 is 2.59 bits per heavy atom. The molecule has 0 unspecified atom stereocenters. The summed E-state index contributed by atoms with van der Waals surface area (Å²) in [6.45, 7) is 2.53. The highest BCUT2D eigenvalue weighted by molar-refractivity contribution is 9.10. The van der Waals surface area contributed by atoms with Crippen LogP contribution >= 0.6 is 15.9 Å².